The number of aromatic nitrogens is 2. The van der Waals surface area contributed by atoms with Gasteiger partial charge in [0.2, 0.25) is 0 Å². The average molecular weight is 572 g/mol. The highest BCUT2D eigenvalue weighted by molar-refractivity contribution is 7.07. The predicted molar refractivity (Wildman–Crippen MR) is 160 cm³/mol. The normalized spacial score (nSPS) is 15.0. The van der Waals surface area contributed by atoms with Gasteiger partial charge in [0.05, 0.1) is 36.6 Å². The van der Waals surface area contributed by atoms with Gasteiger partial charge in [-0.15, -0.1) is 0 Å². The standard InChI is InChI=1S/C32H33N3O5S/c1-8-40-31(37)28-20(4)33-32-35(29(28)25-17-24(38-6)12-13-26(25)39-7)30(36)27(41-32)16-22-15-19(3)34(21(22)5)23-11-9-10-18(2)14-23/h9-17,29H,8H2,1-7H3/b27-16+/t29-/m0/s1. The molecule has 1 atom stereocenters. The second-order valence-corrected chi connectivity index (χ2v) is 10.9. The molecule has 0 amide bonds. The maximum atomic E-state index is 14.1. The molecule has 41 heavy (non-hydrogen) atoms. The quantitative estimate of drug-likeness (QED) is 0.305. The molecule has 3 heterocycles. The molecular formula is C32H33N3O5S. The maximum Gasteiger partial charge on any atom is 0.338 e. The van der Waals surface area contributed by atoms with Gasteiger partial charge in [0.1, 0.15) is 17.5 Å². The zero-order valence-electron chi connectivity index (χ0n) is 24.3. The molecule has 1 aliphatic rings. The topological polar surface area (TPSA) is 84.1 Å². The van der Waals surface area contributed by atoms with E-state index in [0.717, 1.165) is 22.6 Å². The van der Waals surface area contributed by atoms with Crippen LogP contribution in [0.1, 0.15) is 48.0 Å². The minimum absolute atomic E-state index is 0.193. The van der Waals surface area contributed by atoms with Crippen molar-refractivity contribution in [1.29, 1.82) is 0 Å². The fourth-order valence-corrected chi connectivity index (χ4v) is 6.42. The third-order valence-electron chi connectivity index (χ3n) is 7.27. The number of benzene rings is 2. The highest BCUT2D eigenvalue weighted by Crippen LogP contribution is 2.37. The van der Waals surface area contributed by atoms with Crippen molar-refractivity contribution in [3.63, 3.8) is 0 Å². The van der Waals surface area contributed by atoms with E-state index in [1.807, 2.05) is 19.1 Å². The lowest BCUT2D eigenvalue weighted by molar-refractivity contribution is -0.139. The zero-order valence-corrected chi connectivity index (χ0v) is 25.1. The van der Waals surface area contributed by atoms with E-state index in [1.54, 1.807) is 50.8 Å². The van der Waals surface area contributed by atoms with E-state index >= 15 is 0 Å². The fraction of sp³-hybridized carbons (Fsp3) is 0.281. The number of fused-ring (bicyclic) bond motifs is 1. The lowest BCUT2D eigenvalue weighted by Gasteiger charge is -2.26. The number of nitrogens with zero attached hydrogens (tertiary/aromatic N) is 3. The molecule has 2 aromatic carbocycles. The number of methoxy groups -OCH3 is 2. The number of carbonyl (C=O) groups excluding carboxylic acids is 1. The summed E-state index contributed by atoms with van der Waals surface area (Å²) in [5.74, 6) is 0.563. The molecule has 212 valence electrons. The number of aryl methyl sites for hydroxylation is 2. The number of rotatable bonds is 7. The first-order chi connectivity index (χ1) is 19.7. The van der Waals surface area contributed by atoms with E-state index < -0.39 is 12.0 Å². The van der Waals surface area contributed by atoms with Gasteiger partial charge in [-0.25, -0.2) is 9.79 Å². The van der Waals surface area contributed by atoms with Crippen LogP contribution < -0.4 is 24.4 Å². The molecule has 8 nitrogen and oxygen atoms in total. The summed E-state index contributed by atoms with van der Waals surface area (Å²) in [7, 11) is 3.12. The van der Waals surface area contributed by atoms with Gasteiger partial charge in [0.15, 0.2) is 4.80 Å². The first-order valence-electron chi connectivity index (χ1n) is 13.4. The molecule has 0 N–H and O–H groups in total. The van der Waals surface area contributed by atoms with Crippen molar-refractivity contribution in [3.8, 4) is 17.2 Å². The van der Waals surface area contributed by atoms with Crippen LogP contribution in [0.25, 0.3) is 11.8 Å². The molecule has 0 saturated carbocycles. The number of esters is 1. The van der Waals surface area contributed by atoms with Crippen LogP contribution in [-0.2, 0) is 9.53 Å². The number of thiazole rings is 1. The lowest BCUT2D eigenvalue weighted by atomic mass is 9.94. The highest BCUT2D eigenvalue weighted by Gasteiger charge is 2.35. The average Bonchev–Trinajstić information content (AvgIpc) is 3.41. The van der Waals surface area contributed by atoms with E-state index in [0.29, 0.717) is 32.1 Å². The summed E-state index contributed by atoms with van der Waals surface area (Å²) in [6, 6.07) is 14.9. The number of allylic oxidation sites excluding steroid dienone is 1. The Hall–Kier alpha value is -4.37. The summed E-state index contributed by atoms with van der Waals surface area (Å²) in [5.41, 5.74) is 6.39. The van der Waals surface area contributed by atoms with Crippen LogP contribution in [0.2, 0.25) is 0 Å². The van der Waals surface area contributed by atoms with Gasteiger partial charge in [-0.2, -0.15) is 0 Å². The van der Waals surface area contributed by atoms with E-state index in [9.17, 15) is 9.59 Å². The minimum atomic E-state index is -0.808. The first kappa shape index (κ1) is 28.2. The third-order valence-corrected chi connectivity index (χ3v) is 8.25. The van der Waals surface area contributed by atoms with Crippen LogP contribution in [0.3, 0.4) is 0 Å². The Bertz CT molecular complexity index is 1880. The van der Waals surface area contributed by atoms with Crippen LogP contribution in [0, 0.1) is 20.8 Å². The third kappa shape index (κ3) is 5.02. The van der Waals surface area contributed by atoms with E-state index in [4.69, 9.17) is 19.2 Å². The summed E-state index contributed by atoms with van der Waals surface area (Å²) < 4.78 is 20.8. The predicted octanol–water partition coefficient (Wildman–Crippen LogP) is 4.53. The van der Waals surface area contributed by atoms with Crippen LogP contribution in [0.5, 0.6) is 11.5 Å². The van der Waals surface area contributed by atoms with Gasteiger partial charge in [0.25, 0.3) is 5.56 Å². The Morgan fingerprint density at radius 3 is 2.51 bits per heavy atom. The Morgan fingerprint density at radius 2 is 1.83 bits per heavy atom. The molecule has 0 spiro atoms. The van der Waals surface area contributed by atoms with Gasteiger partial charge in [-0.1, -0.05) is 23.5 Å². The molecule has 9 heteroatoms. The molecule has 0 radical (unpaired) electrons. The molecule has 0 aliphatic carbocycles. The molecule has 0 saturated heterocycles. The van der Waals surface area contributed by atoms with Crippen molar-refractivity contribution >= 4 is 23.4 Å². The van der Waals surface area contributed by atoms with Crippen LogP contribution in [-0.4, -0.2) is 35.9 Å². The van der Waals surface area contributed by atoms with Crippen molar-refractivity contribution in [2.75, 3.05) is 20.8 Å². The largest absolute Gasteiger partial charge is 0.497 e. The monoisotopic (exact) mass is 571 g/mol. The molecule has 0 fully saturated rings. The number of ether oxygens (including phenoxy) is 3. The minimum Gasteiger partial charge on any atom is -0.497 e. The first-order valence-corrected chi connectivity index (χ1v) is 14.2. The SMILES string of the molecule is CCOC(=O)C1=C(C)N=c2s/c(=C/c3cc(C)n(-c4cccc(C)c4)c3C)c(=O)n2[C@H]1c1cc(OC)ccc1OC. The van der Waals surface area contributed by atoms with E-state index in [1.165, 1.54) is 16.9 Å². The van der Waals surface area contributed by atoms with Gasteiger partial charge < -0.3 is 18.8 Å². The van der Waals surface area contributed by atoms with Crippen molar-refractivity contribution in [2.45, 2.75) is 40.7 Å². The Labute approximate surface area is 242 Å². The second kappa shape index (κ2) is 11.2. The maximum absolute atomic E-state index is 14.1. The molecule has 0 unspecified atom stereocenters. The second-order valence-electron chi connectivity index (χ2n) is 9.91. The summed E-state index contributed by atoms with van der Waals surface area (Å²) >= 11 is 1.29. The van der Waals surface area contributed by atoms with E-state index in [2.05, 4.69) is 42.7 Å². The lowest BCUT2D eigenvalue weighted by Crippen LogP contribution is -2.40. The Morgan fingerprint density at radius 1 is 1.05 bits per heavy atom. The zero-order chi connectivity index (χ0) is 29.4. The van der Waals surface area contributed by atoms with Crippen molar-refractivity contribution in [1.82, 2.24) is 9.13 Å². The van der Waals surface area contributed by atoms with Crippen LogP contribution in [0.4, 0.5) is 0 Å². The highest BCUT2D eigenvalue weighted by atomic mass is 32.1. The number of hydrogen-bond donors (Lipinski definition) is 0. The molecule has 5 rings (SSSR count). The number of hydrogen-bond acceptors (Lipinski definition) is 7. The van der Waals surface area contributed by atoms with Crippen molar-refractivity contribution in [3.05, 3.63) is 108 Å². The van der Waals surface area contributed by atoms with Gasteiger partial charge in [-0.3, -0.25) is 9.36 Å². The fourth-order valence-electron chi connectivity index (χ4n) is 5.38. The molecule has 2 aromatic heterocycles. The molecule has 0 bridgehead atoms. The van der Waals surface area contributed by atoms with Gasteiger partial charge in [-0.05, 0) is 88.2 Å². The Balaban J connectivity index is 1.74. The Kier molecular flexibility index (Phi) is 7.73. The summed E-state index contributed by atoms with van der Waals surface area (Å²) in [6.45, 7) is 9.87. The van der Waals surface area contributed by atoms with Crippen molar-refractivity contribution in [2.24, 2.45) is 4.99 Å². The van der Waals surface area contributed by atoms with Crippen LogP contribution >= 0.6 is 11.3 Å². The molecule has 1 aliphatic heterocycles. The molecule has 4 aromatic rings. The summed E-state index contributed by atoms with van der Waals surface area (Å²) in [6.07, 6.45) is 1.90. The summed E-state index contributed by atoms with van der Waals surface area (Å²) in [5, 5.41) is 0. The van der Waals surface area contributed by atoms with Gasteiger partial charge in [0, 0.05) is 22.6 Å². The smallest absolute Gasteiger partial charge is 0.338 e. The summed E-state index contributed by atoms with van der Waals surface area (Å²) in [4.78, 5) is 32.6. The van der Waals surface area contributed by atoms with Crippen molar-refractivity contribution < 1.29 is 19.0 Å². The van der Waals surface area contributed by atoms with Crippen LogP contribution in [0.15, 0.2) is 69.6 Å². The molecular weight excluding hydrogens is 538 g/mol. The number of carbonyl (C=O) groups is 1. The van der Waals surface area contributed by atoms with E-state index in [-0.39, 0.29) is 17.7 Å². The van der Waals surface area contributed by atoms with Gasteiger partial charge >= 0.3 is 5.97 Å².